The maximum Gasteiger partial charge on any atom is 0.207 e. The Morgan fingerprint density at radius 1 is 0.773 bits per heavy atom. The Hall–Kier alpha value is -0.530. The van der Waals surface area contributed by atoms with Crippen molar-refractivity contribution >= 4 is 6.41 Å². The summed E-state index contributed by atoms with van der Waals surface area (Å²) in [6.07, 6.45) is 5.50. The van der Waals surface area contributed by atoms with Gasteiger partial charge in [0, 0.05) is 5.54 Å². The summed E-state index contributed by atoms with van der Waals surface area (Å²) in [5.41, 5.74) is 0.745. The van der Waals surface area contributed by atoms with Crippen LogP contribution in [0.2, 0.25) is 0 Å². The molecular weight excluding hydrogens is 270 g/mol. The van der Waals surface area contributed by atoms with Crippen molar-refractivity contribution in [3.63, 3.8) is 0 Å². The Kier molecular flexibility index (Phi) is 7.18. The van der Waals surface area contributed by atoms with Crippen LogP contribution < -0.4 is 5.32 Å². The first kappa shape index (κ1) is 21.5. The molecule has 0 bridgehead atoms. The third-order valence-corrected chi connectivity index (χ3v) is 4.25. The molecule has 0 saturated heterocycles. The summed E-state index contributed by atoms with van der Waals surface area (Å²) in [6, 6.07) is 0. The molecule has 0 aliphatic rings. The molecule has 0 atom stereocenters. The lowest BCUT2D eigenvalue weighted by molar-refractivity contribution is -0.111. The smallest absolute Gasteiger partial charge is 0.207 e. The Bertz CT molecular complexity index is 351. The second kappa shape index (κ2) is 7.36. The fraction of sp³-hybridized carbons (Fsp3) is 0.950. The van der Waals surface area contributed by atoms with Crippen LogP contribution in [0.15, 0.2) is 0 Å². The monoisotopic (exact) mass is 311 g/mol. The molecule has 0 radical (unpaired) electrons. The van der Waals surface area contributed by atoms with E-state index in [2.05, 4.69) is 74.6 Å². The Labute approximate surface area is 139 Å². The van der Waals surface area contributed by atoms with Crippen LogP contribution in [0.3, 0.4) is 0 Å². The van der Waals surface area contributed by atoms with Crippen molar-refractivity contribution in [2.75, 3.05) is 0 Å². The first-order chi connectivity index (χ1) is 9.60. The molecular formula is C20H41NO. The van der Waals surface area contributed by atoms with Gasteiger partial charge in [-0.25, -0.2) is 0 Å². The van der Waals surface area contributed by atoms with Gasteiger partial charge < -0.3 is 5.32 Å². The van der Waals surface area contributed by atoms with E-state index in [1.54, 1.807) is 0 Å². The second-order valence-electron chi connectivity index (χ2n) is 10.8. The van der Waals surface area contributed by atoms with Crippen LogP contribution in [-0.4, -0.2) is 11.9 Å². The van der Waals surface area contributed by atoms with Crippen LogP contribution in [0.1, 0.15) is 94.9 Å². The molecule has 0 aromatic rings. The molecule has 2 nitrogen and oxygen atoms in total. The first-order valence-corrected chi connectivity index (χ1v) is 8.81. The van der Waals surface area contributed by atoms with Crippen molar-refractivity contribution in [2.45, 2.75) is 100 Å². The summed E-state index contributed by atoms with van der Waals surface area (Å²) < 4.78 is 0. The summed E-state index contributed by atoms with van der Waals surface area (Å²) in [4.78, 5) is 10.8. The fourth-order valence-electron chi connectivity index (χ4n) is 5.30. The van der Waals surface area contributed by atoms with Crippen molar-refractivity contribution in [1.29, 1.82) is 0 Å². The molecule has 2 heteroatoms. The number of amides is 1. The zero-order valence-electron chi connectivity index (χ0n) is 16.9. The fourth-order valence-corrected chi connectivity index (χ4v) is 5.30. The minimum Gasteiger partial charge on any atom is -0.354 e. The van der Waals surface area contributed by atoms with E-state index in [4.69, 9.17) is 0 Å². The normalized spacial score (nSPS) is 14.3. The van der Waals surface area contributed by atoms with Gasteiger partial charge in [0.15, 0.2) is 0 Å². The predicted molar refractivity (Wildman–Crippen MR) is 97.9 cm³/mol. The molecule has 0 rings (SSSR count). The maximum absolute atomic E-state index is 10.8. The topological polar surface area (TPSA) is 29.1 Å². The number of carbonyl (C=O) groups excluding carboxylic acids is 1. The van der Waals surface area contributed by atoms with Crippen LogP contribution in [0.25, 0.3) is 0 Å². The molecule has 0 unspecified atom stereocenters. The van der Waals surface area contributed by atoms with Crippen molar-refractivity contribution in [3.05, 3.63) is 0 Å². The molecule has 0 heterocycles. The molecule has 0 aliphatic carbocycles. The first-order valence-electron chi connectivity index (χ1n) is 8.81. The van der Waals surface area contributed by atoms with Crippen LogP contribution in [0, 0.1) is 22.2 Å². The summed E-state index contributed by atoms with van der Waals surface area (Å²) in [6.45, 7) is 23.1. The van der Waals surface area contributed by atoms with Gasteiger partial charge in [0.25, 0.3) is 0 Å². The van der Waals surface area contributed by atoms with Gasteiger partial charge in [-0.05, 0) is 61.7 Å². The molecule has 1 amide bonds. The van der Waals surface area contributed by atoms with E-state index in [-0.39, 0.29) is 11.0 Å². The number of rotatable bonds is 10. The molecule has 0 aliphatic heterocycles. The van der Waals surface area contributed by atoms with Gasteiger partial charge in [0.2, 0.25) is 6.41 Å². The highest BCUT2D eigenvalue weighted by molar-refractivity contribution is 5.47. The predicted octanol–water partition coefficient (Wildman–Crippen LogP) is 5.81. The highest BCUT2D eigenvalue weighted by Crippen LogP contribution is 2.46. The molecule has 1 N–H and O–H groups in total. The van der Waals surface area contributed by atoms with Gasteiger partial charge in [0.05, 0.1) is 0 Å². The maximum atomic E-state index is 10.8. The molecule has 22 heavy (non-hydrogen) atoms. The lowest BCUT2D eigenvalue weighted by Crippen LogP contribution is -2.43. The Morgan fingerprint density at radius 3 is 1.59 bits per heavy atom. The van der Waals surface area contributed by atoms with Crippen molar-refractivity contribution < 1.29 is 4.79 Å². The third-order valence-electron chi connectivity index (χ3n) is 4.25. The molecule has 0 saturated carbocycles. The van der Waals surface area contributed by atoms with Crippen molar-refractivity contribution in [1.82, 2.24) is 5.32 Å². The lowest BCUT2D eigenvalue weighted by atomic mass is 9.64. The summed E-state index contributed by atoms with van der Waals surface area (Å²) in [7, 11) is 0. The summed E-state index contributed by atoms with van der Waals surface area (Å²) in [5.74, 6) is 0.745. The van der Waals surface area contributed by atoms with E-state index in [0.717, 1.165) is 18.7 Å². The van der Waals surface area contributed by atoms with Crippen molar-refractivity contribution in [2.24, 2.45) is 22.2 Å². The quantitative estimate of drug-likeness (QED) is 0.507. The minimum atomic E-state index is -0.144. The Morgan fingerprint density at radius 2 is 1.18 bits per heavy atom. The number of hydrogen-bond acceptors (Lipinski definition) is 1. The standard InChI is InChI=1S/C20H41NO/c1-16(2)11-17(3,4)12-18(5,6)13-19(7,8)14-20(9,10)21-15-22/h15-16H,11-14H2,1-10H3,(H,21,22). The van der Waals surface area contributed by atoms with Gasteiger partial charge in [0.1, 0.15) is 0 Å². The highest BCUT2D eigenvalue weighted by atomic mass is 16.1. The number of carbonyl (C=O) groups is 1. The van der Waals surface area contributed by atoms with Crippen LogP contribution in [0.4, 0.5) is 0 Å². The van der Waals surface area contributed by atoms with Gasteiger partial charge in [-0.2, -0.15) is 0 Å². The zero-order chi connectivity index (χ0) is 17.8. The molecule has 0 fully saturated rings. The Balaban J connectivity index is 4.83. The largest absolute Gasteiger partial charge is 0.354 e. The van der Waals surface area contributed by atoms with Gasteiger partial charge in [-0.3, -0.25) is 4.79 Å². The van der Waals surface area contributed by atoms with Gasteiger partial charge in [-0.15, -0.1) is 0 Å². The summed E-state index contributed by atoms with van der Waals surface area (Å²) >= 11 is 0. The zero-order valence-corrected chi connectivity index (χ0v) is 16.9. The van der Waals surface area contributed by atoms with E-state index in [9.17, 15) is 4.79 Å². The molecule has 132 valence electrons. The molecule has 0 aromatic carbocycles. The van der Waals surface area contributed by atoms with Crippen LogP contribution >= 0.6 is 0 Å². The molecule has 0 spiro atoms. The van der Waals surface area contributed by atoms with E-state index in [1.165, 1.54) is 19.3 Å². The van der Waals surface area contributed by atoms with Crippen molar-refractivity contribution in [3.8, 4) is 0 Å². The average Bonchev–Trinajstić information content (AvgIpc) is 2.06. The van der Waals surface area contributed by atoms with Gasteiger partial charge >= 0.3 is 0 Å². The van der Waals surface area contributed by atoms with E-state index < -0.39 is 0 Å². The third kappa shape index (κ3) is 9.48. The SMILES string of the molecule is CC(C)CC(C)(C)CC(C)(C)CC(C)(C)CC(C)(C)NC=O. The van der Waals surface area contributed by atoms with E-state index in [1.807, 2.05) is 0 Å². The van der Waals surface area contributed by atoms with Crippen LogP contribution in [0.5, 0.6) is 0 Å². The minimum absolute atomic E-state index is 0.144. The summed E-state index contributed by atoms with van der Waals surface area (Å²) in [5, 5.41) is 2.96. The van der Waals surface area contributed by atoms with E-state index in [0.29, 0.717) is 10.8 Å². The highest BCUT2D eigenvalue weighted by Gasteiger charge is 2.36. The van der Waals surface area contributed by atoms with Crippen LogP contribution in [-0.2, 0) is 4.79 Å². The number of hydrogen-bond donors (Lipinski definition) is 1. The van der Waals surface area contributed by atoms with E-state index >= 15 is 0 Å². The average molecular weight is 312 g/mol. The number of nitrogens with one attached hydrogen (secondary N) is 1. The molecule has 0 aromatic heterocycles. The van der Waals surface area contributed by atoms with Gasteiger partial charge in [-0.1, -0.05) is 55.4 Å². The second-order valence-corrected chi connectivity index (χ2v) is 10.8. The lowest BCUT2D eigenvalue weighted by Gasteiger charge is -2.43.